The monoisotopic (exact) mass is 380 g/mol. The highest BCUT2D eigenvalue weighted by Gasteiger charge is 2.16. The summed E-state index contributed by atoms with van der Waals surface area (Å²) in [5.74, 6) is 0.620. The number of unbranched alkanes of at least 4 members (excludes halogenated alkanes) is 3. The Labute approximate surface area is 153 Å². The van der Waals surface area contributed by atoms with Crippen LogP contribution in [0.3, 0.4) is 0 Å². The zero-order valence-corrected chi connectivity index (χ0v) is 15.7. The molecule has 0 spiro atoms. The van der Waals surface area contributed by atoms with Gasteiger partial charge in [-0.25, -0.2) is 13.2 Å². The lowest BCUT2D eigenvalue weighted by Gasteiger charge is -2.09. The second kappa shape index (κ2) is 9.23. The van der Waals surface area contributed by atoms with Gasteiger partial charge in [-0.1, -0.05) is 31.3 Å². The highest BCUT2D eigenvalue weighted by molar-refractivity contribution is 7.92. The maximum absolute atomic E-state index is 12.3. The molecule has 0 fully saturated rings. The lowest BCUT2D eigenvalue weighted by molar-refractivity contribution is 0.252. The van der Waals surface area contributed by atoms with Gasteiger partial charge in [0.05, 0.1) is 4.90 Å². The third-order valence-electron chi connectivity index (χ3n) is 3.61. The highest BCUT2D eigenvalue weighted by Crippen LogP contribution is 2.18. The number of carbonyl (C=O) groups is 1. The molecule has 3 N–H and O–H groups in total. The SMILES string of the molecule is CCCCCCNC(=O)Nc1ccc(S(=O)(=O)Nc2cc(C)on2)cc1. The van der Waals surface area contributed by atoms with Gasteiger partial charge in [-0.3, -0.25) is 4.72 Å². The molecule has 0 saturated heterocycles. The van der Waals surface area contributed by atoms with Gasteiger partial charge >= 0.3 is 6.03 Å². The van der Waals surface area contributed by atoms with E-state index in [1.54, 1.807) is 6.92 Å². The van der Waals surface area contributed by atoms with Gasteiger partial charge in [0.2, 0.25) is 0 Å². The summed E-state index contributed by atoms with van der Waals surface area (Å²) in [5, 5.41) is 9.04. The first-order valence-electron chi connectivity index (χ1n) is 8.52. The number of amides is 2. The van der Waals surface area contributed by atoms with Gasteiger partial charge in [-0.15, -0.1) is 0 Å². The largest absolute Gasteiger partial charge is 0.360 e. The van der Waals surface area contributed by atoms with E-state index >= 15 is 0 Å². The number of urea groups is 1. The minimum atomic E-state index is -3.77. The van der Waals surface area contributed by atoms with E-state index in [2.05, 4.69) is 27.4 Å². The summed E-state index contributed by atoms with van der Waals surface area (Å²) >= 11 is 0. The number of benzene rings is 1. The Kier molecular flexibility index (Phi) is 7.02. The molecule has 0 saturated carbocycles. The molecule has 0 aliphatic heterocycles. The fraction of sp³-hybridized carbons (Fsp3) is 0.412. The summed E-state index contributed by atoms with van der Waals surface area (Å²) in [6, 6.07) is 7.04. The van der Waals surface area contributed by atoms with Crippen LogP contribution in [-0.2, 0) is 10.0 Å². The molecule has 0 bridgehead atoms. The average Bonchev–Trinajstić information content (AvgIpc) is 2.99. The molecule has 2 rings (SSSR count). The molecule has 142 valence electrons. The van der Waals surface area contributed by atoms with Crippen LogP contribution < -0.4 is 15.4 Å². The van der Waals surface area contributed by atoms with Crippen molar-refractivity contribution in [2.24, 2.45) is 0 Å². The molecule has 8 nitrogen and oxygen atoms in total. The Morgan fingerprint density at radius 1 is 1.15 bits per heavy atom. The van der Waals surface area contributed by atoms with Crippen LogP contribution in [0.25, 0.3) is 0 Å². The lowest BCUT2D eigenvalue weighted by Crippen LogP contribution is -2.29. The molecule has 0 radical (unpaired) electrons. The molecular weight excluding hydrogens is 356 g/mol. The second-order valence-electron chi connectivity index (χ2n) is 5.89. The highest BCUT2D eigenvalue weighted by atomic mass is 32.2. The molecule has 0 unspecified atom stereocenters. The van der Waals surface area contributed by atoms with Crippen molar-refractivity contribution in [1.29, 1.82) is 0 Å². The quantitative estimate of drug-likeness (QED) is 0.576. The standard InChI is InChI=1S/C17H24N4O4S/c1-3-4-5-6-11-18-17(22)19-14-7-9-15(10-8-14)26(23,24)21-16-12-13(2)25-20-16/h7-10,12H,3-6,11H2,1-2H3,(H,20,21)(H2,18,19,22). The number of rotatable bonds is 9. The molecule has 0 aliphatic rings. The summed E-state index contributed by atoms with van der Waals surface area (Å²) < 4.78 is 31.7. The predicted molar refractivity (Wildman–Crippen MR) is 99.7 cm³/mol. The van der Waals surface area contributed by atoms with Gasteiger partial charge in [-0.05, 0) is 37.6 Å². The molecule has 2 amide bonds. The first-order chi connectivity index (χ1) is 12.4. The van der Waals surface area contributed by atoms with Gasteiger partial charge in [0.15, 0.2) is 5.82 Å². The molecule has 1 aromatic carbocycles. The Morgan fingerprint density at radius 2 is 1.88 bits per heavy atom. The fourth-order valence-electron chi connectivity index (χ4n) is 2.26. The van der Waals surface area contributed by atoms with Crippen molar-refractivity contribution in [3.63, 3.8) is 0 Å². The topological polar surface area (TPSA) is 113 Å². The predicted octanol–water partition coefficient (Wildman–Crippen LogP) is 3.49. The van der Waals surface area contributed by atoms with Gasteiger partial charge in [0.1, 0.15) is 5.76 Å². The van der Waals surface area contributed by atoms with Gasteiger partial charge in [0.25, 0.3) is 10.0 Å². The van der Waals surface area contributed by atoms with Crippen molar-refractivity contribution in [1.82, 2.24) is 10.5 Å². The van der Waals surface area contributed by atoms with Crippen molar-refractivity contribution < 1.29 is 17.7 Å². The molecule has 1 heterocycles. The molecule has 9 heteroatoms. The van der Waals surface area contributed by atoms with E-state index in [-0.39, 0.29) is 16.7 Å². The lowest BCUT2D eigenvalue weighted by atomic mass is 10.2. The Bertz CT molecular complexity index is 816. The third kappa shape index (κ3) is 6.07. The average molecular weight is 380 g/mol. The van der Waals surface area contributed by atoms with E-state index in [0.717, 1.165) is 25.7 Å². The Morgan fingerprint density at radius 3 is 2.50 bits per heavy atom. The van der Waals surface area contributed by atoms with Crippen LogP contribution in [-0.4, -0.2) is 26.2 Å². The summed E-state index contributed by atoms with van der Waals surface area (Å²) in [7, 11) is -3.77. The zero-order chi connectivity index (χ0) is 19.0. The number of aromatic nitrogens is 1. The summed E-state index contributed by atoms with van der Waals surface area (Å²) in [4.78, 5) is 11.9. The fourth-order valence-corrected chi connectivity index (χ4v) is 3.24. The molecule has 0 atom stereocenters. The molecule has 1 aromatic heterocycles. The van der Waals surface area contributed by atoms with E-state index < -0.39 is 10.0 Å². The first-order valence-corrected chi connectivity index (χ1v) is 10.00. The molecule has 0 aliphatic carbocycles. The smallest absolute Gasteiger partial charge is 0.319 e. The maximum atomic E-state index is 12.3. The number of nitrogens with one attached hydrogen (secondary N) is 3. The van der Waals surface area contributed by atoms with Gasteiger partial charge in [-0.2, -0.15) is 0 Å². The zero-order valence-electron chi connectivity index (χ0n) is 14.9. The number of sulfonamides is 1. The molecule has 2 aromatic rings. The van der Waals surface area contributed by atoms with E-state index in [4.69, 9.17) is 4.52 Å². The van der Waals surface area contributed by atoms with Crippen molar-refractivity contribution in [3.05, 3.63) is 36.1 Å². The summed E-state index contributed by atoms with van der Waals surface area (Å²) in [6.45, 7) is 4.41. The molecular formula is C17H24N4O4S. The van der Waals surface area contributed by atoms with E-state index in [1.807, 2.05) is 0 Å². The number of anilines is 2. The maximum Gasteiger partial charge on any atom is 0.319 e. The van der Waals surface area contributed by atoms with Crippen LogP contribution in [0.1, 0.15) is 38.4 Å². The number of carbonyl (C=O) groups excluding carboxylic acids is 1. The first kappa shape index (κ1) is 19.8. The van der Waals surface area contributed by atoms with E-state index in [0.29, 0.717) is 18.0 Å². The number of hydrogen-bond acceptors (Lipinski definition) is 5. The third-order valence-corrected chi connectivity index (χ3v) is 4.98. The Balaban J connectivity index is 1.88. The van der Waals surface area contributed by atoms with Crippen molar-refractivity contribution in [3.8, 4) is 0 Å². The summed E-state index contributed by atoms with van der Waals surface area (Å²) in [6.07, 6.45) is 4.32. The van der Waals surface area contributed by atoms with Crippen molar-refractivity contribution >= 4 is 27.6 Å². The van der Waals surface area contributed by atoms with Crippen molar-refractivity contribution in [2.45, 2.75) is 44.4 Å². The van der Waals surface area contributed by atoms with Crippen LogP contribution in [0.4, 0.5) is 16.3 Å². The molecule has 26 heavy (non-hydrogen) atoms. The number of hydrogen-bond donors (Lipinski definition) is 3. The van der Waals surface area contributed by atoms with E-state index in [9.17, 15) is 13.2 Å². The van der Waals surface area contributed by atoms with Crippen LogP contribution in [0, 0.1) is 6.92 Å². The van der Waals surface area contributed by atoms with Crippen LogP contribution >= 0.6 is 0 Å². The number of nitrogens with zero attached hydrogens (tertiary/aromatic N) is 1. The summed E-state index contributed by atoms with van der Waals surface area (Å²) in [5.41, 5.74) is 0.507. The minimum Gasteiger partial charge on any atom is -0.360 e. The van der Waals surface area contributed by atoms with Crippen LogP contribution in [0.15, 0.2) is 39.8 Å². The van der Waals surface area contributed by atoms with Gasteiger partial charge in [0, 0.05) is 18.3 Å². The second-order valence-corrected chi connectivity index (χ2v) is 7.58. The van der Waals surface area contributed by atoms with Crippen molar-refractivity contribution in [2.75, 3.05) is 16.6 Å². The number of aryl methyl sites for hydroxylation is 1. The van der Waals surface area contributed by atoms with E-state index in [1.165, 1.54) is 30.3 Å². The minimum absolute atomic E-state index is 0.0590. The van der Waals surface area contributed by atoms with Crippen LogP contribution in [0.2, 0.25) is 0 Å². The van der Waals surface area contributed by atoms with Crippen LogP contribution in [0.5, 0.6) is 0 Å². The normalized spacial score (nSPS) is 11.2. The van der Waals surface area contributed by atoms with Gasteiger partial charge < -0.3 is 15.2 Å². The Hall–Kier alpha value is -2.55.